The van der Waals surface area contributed by atoms with Gasteiger partial charge in [-0.3, -0.25) is 0 Å². The summed E-state index contributed by atoms with van der Waals surface area (Å²) in [6, 6.07) is 10.5. The Balaban J connectivity index is 1.30. The number of carbonyl (C=O) groups is 1. The lowest BCUT2D eigenvalue weighted by Gasteiger charge is -2.32. The molecule has 0 aromatic heterocycles. The normalized spacial score (nSPS) is 20.9. The first kappa shape index (κ1) is 16.3. The first-order valence-electron chi connectivity index (χ1n) is 8.74. The highest BCUT2D eigenvalue weighted by Crippen LogP contribution is 2.29. The molecule has 5 heteroatoms. The van der Waals surface area contributed by atoms with Crippen LogP contribution in [-0.4, -0.2) is 47.8 Å². The van der Waals surface area contributed by atoms with E-state index in [1.165, 1.54) is 12.8 Å². The molecular formula is C18H27N3O2. The molecule has 1 aliphatic heterocycles. The predicted octanol–water partition coefficient (Wildman–Crippen LogP) is 2.04. The van der Waals surface area contributed by atoms with Crippen molar-refractivity contribution in [1.82, 2.24) is 15.5 Å². The van der Waals surface area contributed by atoms with Crippen molar-refractivity contribution in [3.8, 4) is 0 Å². The Morgan fingerprint density at radius 2 is 1.87 bits per heavy atom. The van der Waals surface area contributed by atoms with Crippen LogP contribution in [0.3, 0.4) is 0 Å². The SMILES string of the molecule is O=C(NCCC(O)c1ccccc1)NC1CCN(C2CC2)CC1. The molecule has 2 amide bonds. The van der Waals surface area contributed by atoms with Crippen LogP contribution in [0.1, 0.15) is 43.8 Å². The number of urea groups is 1. The van der Waals surface area contributed by atoms with Crippen LogP contribution in [0.4, 0.5) is 4.79 Å². The molecule has 23 heavy (non-hydrogen) atoms. The third-order valence-corrected chi connectivity index (χ3v) is 4.82. The van der Waals surface area contributed by atoms with Crippen molar-refractivity contribution in [2.24, 2.45) is 0 Å². The number of carbonyl (C=O) groups excluding carboxylic acids is 1. The fraction of sp³-hybridized carbons (Fsp3) is 0.611. The molecule has 1 saturated carbocycles. The average molecular weight is 317 g/mol. The second kappa shape index (κ2) is 7.79. The number of hydrogen-bond acceptors (Lipinski definition) is 3. The summed E-state index contributed by atoms with van der Waals surface area (Å²) in [6.45, 7) is 2.67. The van der Waals surface area contributed by atoms with Crippen molar-refractivity contribution in [3.63, 3.8) is 0 Å². The molecule has 2 aliphatic rings. The molecule has 0 spiro atoms. The number of benzene rings is 1. The minimum atomic E-state index is -0.529. The average Bonchev–Trinajstić information content (AvgIpc) is 3.41. The minimum absolute atomic E-state index is 0.116. The number of amides is 2. The monoisotopic (exact) mass is 317 g/mol. The Labute approximate surface area is 138 Å². The van der Waals surface area contributed by atoms with Gasteiger partial charge in [-0.25, -0.2) is 4.79 Å². The largest absolute Gasteiger partial charge is 0.388 e. The van der Waals surface area contributed by atoms with E-state index in [-0.39, 0.29) is 12.1 Å². The summed E-state index contributed by atoms with van der Waals surface area (Å²) in [6.07, 6.45) is 4.77. The standard InChI is InChI=1S/C18H27N3O2/c22-17(14-4-2-1-3-5-14)8-11-19-18(23)20-15-9-12-21(13-10-15)16-6-7-16/h1-5,15-17,22H,6-13H2,(H2,19,20,23). The van der Waals surface area contributed by atoms with Crippen molar-refractivity contribution in [2.45, 2.75) is 50.3 Å². The van der Waals surface area contributed by atoms with Crippen molar-refractivity contribution in [3.05, 3.63) is 35.9 Å². The molecule has 1 unspecified atom stereocenters. The third-order valence-electron chi connectivity index (χ3n) is 4.82. The van der Waals surface area contributed by atoms with E-state index >= 15 is 0 Å². The van der Waals surface area contributed by atoms with Gasteiger partial charge in [0.1, 0.15) is 0 Å². The van der Waals surface area contributed by atoms with Crippen LogP contribution in [0.5, 0.6) is 0 Å². The summed E-state index contributed by atoms with van der Waals surface area (Å²) >= 11 is 0. The van der Waals surface area contributed by atoms with Crippen LogP contribution in [0.2, 0.25) is 0 Å². The van der Waals surface area contributed by atoms with E-state index in [0.717, 1.165) is 37.5 Å². The van der Waals surface area contributed by atoms with Gasteiger partial charge in [-0.2, -0.15) is 0 Å². The summed E-state index contributed by atoms with van der Waals surface area (Å²) in [5.41, 5.74) is 0.891. The number of nitrogens with zero attached hydrogens (tertiary/aromatic N) is 1. The molecule has 3 N–H and O–H groups in total. The molecule has 1 atom stereocenters. The summed E-state index contributed by atoms with van der Waals surface area (Å²) < 4.78 is 0. The van der Waals surface area contributed by atoms with Crippen molar-refractivity contribution < 1.29 is 9.90 Å². The molecule has 1 aliphatic carbocycles. The summed E-state index contributed by atoms with van der Waals surface area (Å²) in [5.74, 6) is 0. The number of piperidine rings is 1. The Bertz CT molecular complexity index is 496. The molecule has 1 saturated heterocycles. The second-order valence-corrected chi connectivity index (χ2v) is 6.66. The van der Waals surface area contributed by atoms with Gasteiger partial charge in [-0.1, -0.05) is 30.3 Å². The highest BCUT2D eigenvalue weighted by molar-refractivity contribution is 5.74. The molecule has 126 valence electrons. The summed E-state index contributed by atoms with van der Waals surface area (Å²) in [7, 11) is 0. The Kier molecular flexibility index (Phi) is 5.51. The molecule has 1 aromatic carbocycles. The van der Waals surface area contributed by atoms with Gasteiger partial charge >= 0.3 is 6.03 Å². The van der Waals surface area contributed by atoms with E-state index in [2.05, 4.69) is 15.5 Å². The molecule has 1 aromatic rings. The van der Waals surface area contributed by atoms with Gasteiger partial charge in [0.2, 0.25) is 0 Å². The number of likely N-dealkylation sites (tertiary alicyclic amines) is 1. The fourth-order valence-electron chi connectivity index (χ4n) is 3.25. The Morgan fingerprint density at radius 3 is 2.52 bits per heavy atom. The molecule has 1 heterocycles. The van der Waals surface area contributed by atoms with Crippen molar-refractivity contribution in [2.75, 3.05) is 19.6 Å². The van der Waals surface area contributed by atoms with Gasteiger partial charge in [0.05, 0.1) is 6.10 Å². The lowest BCUT2D eigenvalue weighted by Crippen LogP contribution is -2.48. The first-order chi connectivity index (χ1) is 11.2. The molecule has 3 rings (SSSR count). The van der Waals surface area contributed by atoms with E-state index < -0.39 is 6.10 Å². The zero-order valence-electron chi connectivity index (χ0n) is 13.6. The van der Waals surface area contributed by atoms with E-state index in [1.54, 1.807) is 0 Å². The van der Waals surface area contributed by atoms with Crippen molar-refractivity contribution >= 4 is 6.03 Å². The van der Waals surface area contributed by atoms with E-state index in [9.17, 15) is 9.90 Å². The highest BCUT2D eigenvalue weighted by atomic mass is 16.3. The number of aliphatic hydroxyl groups is 1. The van der Waals surface area contributed by atoms with E-state index in [0.29, 0.717) is 13.0 Å². The van der Waals surface area contributed by atoms with Gasteiger partial charge in [-0.15, -0.1) is 0 Å². The lowest BCUT2D eigenvalue weighted by molar-refractivity contribution is 0.165. The Hall–Kier alpha value is -1.59. The van der Waals surface area contributed by atoms with Gasteiger partial charge in [0.15, 0.2) is 0 Å². The highest BCUT2D eigenvalue weighted by Gasteiger charge is 2.32. The molecule has 0 bridgehead atoms. The van der Waals surface area contributed by atoms with Crippen LogP contribution in [0, 0.1) is 0 Å². The maximum absolute atomic E-state index is 11.9. The number of nitrogens with one attached hydrogen (secondary N) is 2. The van der Waals surface area contributed by atoms with Crippen LogP contribution in [0.25, 0.3) is 0 Å². The maximum Gasteiger partial charge on any atom is 0.315 e. The quantitative estimate of drug-likeness (QED) is 0.752. The van der Waals surface area contributed by atoms with E-state index in [1.807, 2.05) is 30.3 Å². The third kappa shape index (κ3) is 4.94. The number of rotatable bonds is 6. The molecular weight excluding hydrogens is 290 g/mol. The van der Waals surface area contributed by atoms with Gasteiger partial charge in [0, 0.05) is 31.7 Å². The zero-order chi connectivity index (χ0) is 16.1. The van der Waals surface area contributed by atoms with Gasteiger partial charge < -0.3 is 20.6 Å². The predicted molar refractivity (Wildman–Crippen MR) is 90.2 cm³/mol. The zero-order valence-corrected chi connectivity index (χ0v) is 13.6. The lowest BCUT2D eigenvalue weighted by atomic mass is 10.1. The first-order valence-corrected chi connectivity index (χ1v) is 8.74. The fourth-order valence-corrected chi connectivity index (χ4v) is 3.25. The minimum Gasteiger partial charge on any atom is -0.388 e. The van der Waals surface area contributed by atoms with Crippen LogP contribution in [0.15, 0.2) is 30.3 Å². The Morgan fingerprint density at radius 1 is 1.17 bits per heavy atom. The van der Waals surface area contributed by atoms with E-state index in [4.69, 9.17) is 0 Å². The molecule has 5 nitrogen and oxygen atoms in total. The van der Waals surface area contributed by atoms with Crippen LogP contribution >= 0.6 is 0 Å². The van der Waals surface area contributed by atoms with Gasteiger partial charge in [-0.05, 0) is 37.7 Å². The van der Waals surface area contributed by atoms with Crippen LogP contribution < -0.4 is 10.6 Å². The summed E-state index contributed by atoms with van der Waals surface area (Å²) in [5, 5.41) is 16.0. The second-order valence-electron chi connectivity index (χ2n) is 6.66. The van der Waals surface area contributed by atoms with Gasteiger partial charge in [0.25, 0.3) is 0 Å². The summed E-state index contributed by atoms with van der Waals surface area (Å²) in [4.78, 5) is 14.5. The molecule has 0 radical (unpaired) electrons. The topological polar surface area (TPSA) is 64.6 Å². The number of hydrogen-bond donors (Lipinski definition) is 3. The van der Waals surface area contributed by atoms with Crippen LogP contribution in [-0.2, 0) is 0 Å². The number of aliphatic hydroxyl groups excluding tert-OH is 1. The smallest absolute Gasteiger partial charge is 0.315 e. The molecule has 2 fully saturated rings. The maximum atomic E-state index is 11.9. The van der Waals surface area contributed by atoms with Crippen molar-refractivity contribution in [1.29, 1.82) is 0 Å².